The molecule has 8 nitrogen and oxygen atoms in total. The molecule has 1 N–H and O–H groups in total. The van der Waals surface area contributed by atoms with Crippen molar-refractivity contribution in [3.05, 3.63) is 21.3 Å². The van der Waals surface area contributed by atoms with Gasteiger partial charge in [0.05, 0.1) is 23.9 Å². The van der Waals surface area contributed by atoms with Gasteiger partial charge in [-0.3, -0.25) is 0 Å². The first-order valence-electron chi connectivity index (χ1n) is 5.23. The van der Waals surface area contributed by atoms with Crippen LogP contribution >= 0.6 is 11.6 Å². The summed E-state index contributed by atoms with van der Waals surface area (Å²) >= 11 is 5.64. The van der Waals surface area contributed by atoms with Crippen LogP contribution in [0.4, 0.5) is 5.82 Å². The average molecular weight is 276 g/mol. The number of rotatable bonds is 4. The van der Waals surface area contributed by atoms with Gasteiger partial charge in [0.15, 0.2) is 11.1 Å². The molecular weight excluding hydrogens is 266 g/mol. The Balaban J connectivity index is 2.01. The maximum atomic E-state index is 10.7. The predicted molar refractivity (Wildman–Crippen MR) is 59.4 cm³/mol. The van der Waals surface area contributed by atoms with E-state index in [0.29, 0.717) is 12.8 Å². The molecule has 0 spiro atoms. The van der Waals surface area contributed by atoms with Crippen LogP contribution in [0, 0.1) is 10.1 Å². The molecule has 0 saturated carbocycles. The summed E-state index contributed by atoms with van der Waals surface area (Å²) in [5, 5.41) is 23.0. The molecule has 0 radical (unpaired) electrons. The van der Waals surface area contributed by atoms with Crippen molar-refractivity contribution in [2.45, 2.75) is 31.6 Å². The lowest BCUT2D eigenvalue weighted by molar-refractivity contribution is -0.389. The van der Waals surface area contributed by atoms with Gasteiger partial charge < -0.3 is 20.0 Å². The number of carboxylic acid groups (broad SMARTS) is 1. The number of aromatic nitrogens is 2. The SMILES string of the molecule is O=C(O)C1CCC(Cn2cc(Cl)c([N+](=O)[O-])n2)O1. The van der Waals surface area contributed by atoms with Crippen molar-refractivity contribution in [2.75, 3.05) is 0 Å². The number of aliphatic carboxylic acids is 1. The van der Waals surface area contributed by atoms with Gasteiger partial charge in [-0.1, -0.05) is 11.6 Å². The number of hydrogen-bond acceptors (Lipinski definition) is 5. The van der Waals surface area contributed by atoms with Crippen LogP contribution in [-0.2, 0) is 16.1 Å². The molecule has 2 atom stereocenters. The summed E-state index contributed by atoms with van der Waals surface area (Å²) in [6.45, 7) is 0.247. The lowest BCUT2D eigenvalue weighted by Crippen LogP contribution is -2.23. The van der Waals surface area contributed by atoms with Crippen LogP contribution in [0.5, 0.6) is 0 Å². The summed E-state index contributed by atoms with van der Waals surface area (Å²) < 4.78 is 6.56. The highest BCUT2D eigenvalue weighted by Gasteiger charge is 2.32. The standard InChI is InChI=1S/C9H10ClN3O5/c10-6-4-12(11-8(6)13(16)17)3-5-1-2-7(18-5)9(14)15/h4-5,7H,1-3H2,(H,14,15). The summed E-state index contributed by atoms with van der Waals surface area (Å²) in [7, 11) is 0. The van der Waals surface area contributed by atoms with E-state index in [0.717, 1.165) is 0 Å². The average Bonchev–Trinajstić information content (AvgIpc) is 2.86. The number of carbonyl (C=O) groups is 1. The second-order valence-corrected chi connectivity index (χ2v) is 4.35. The van der Waals surface area contributed by atoms with Crippen molar-refractivity contribution in [3.8, 4) is 0 Å². The van der Waals surface area contributed by atoms with Gasteiger partial charge in [0, 0.05) is 0 Å². The Labute approximate surface area is 106 Å². The van der Waals surface area contributed by atoms with Gasteiger partial charge in [0.1, 0.15) is 0 Å². The van der Waals surface area contributed by atoms with Gasteiger partial charge in [0.25, 0.3) is 0 Å². The Bertz CT molecular complexity index is 489. The first-order chi connectivity index (χ1) is 8.47. The third-order valence-corrected chi connectivity index (χ3v) is 2.91. The minimum absolute atomic E-state index is 0.0484. The second kappa shape index (κ2) is 4.91. The first kappa shape index (κ1) is 12.8. The Morgan fingerprint density at radius 3 is 2.94 bits per heavy atom. The highest BCUT2D eigenvalue weighted by atomic mass is 35.5. The molecule has 1 aliphatic rings. The normalized spacial score (nSPS) is 23.2. The van der Waals surface area contributed by atoms with E-state index in [-0.39, 0.29) is 17.7 Å². The third kappa shape index (κ3) is 2.59. The highest BCUT2D eigenvalue weighted by molar-refractivity contribution is 6.32. The van der Waals surface area contributed by atoms with Crippen LogP contribution in [0.25, 0.3) is 0 Å². The van der Waals surface area contributed by atoms with Gasteiger partial charge in [-0.25, -0.2) is 4.79 Å². The van der Waals surface area contributed by atoms with Crippen molar-refractivity contribution in [1.82, 2.24) is 9.78 Å². The van der Waals surface area contributed by atoms with Crippen LogP contribution in [-0.4, -0.2) is 38.0 Å². The smallest absolute Gasteiger partial charge is 0.408 e. The number of ether oxygens (including phenoxy) is 1. The molecule has 1 saturated heterocycles. The van der Waals surface area contributed by atoms with E-state index in [1.165, 1.54) is 10.9 Å². The van der Waals surface area contributed by atoms with Gasteiger partial charge in [-0.2, -0.15) is 4.68 Å². The molecule has 18 heavy (non-hydrogen) atoms. The molecule has 0 bridgehead atoms. The van der Waals surface area contributed by atoms with E-state index in [9.17, 15) is 14.9 Å². The number of halogens is 1. The van der Waals surface area contributed by atoms with Gasteiger partial charge in [-0.05, 0) is 17.8 Å². The van der Waals surface area contributed by atoms with Crippen molar-refractivity contribution in [2.24, 2.45) is 0 Å². The zero-order chi connectivity index (χ0) is 13.3. The van der Waals surface area contributed by atoms with Crippen LogP contribution < -0.4 is 0 Å². The van der Waals surface area contributed by atoms with Crippen molar-refractivity contribution < 1.29 is 19.6 Å². The van der Waals surface area contributed by atoms with Crippen LogP contribution in [0.1, 0.15) is 12.8 Å². The Kier molecular flexibility index (Phi) is 3.48. The Hall–Kier alpha value is -1.67. The molecule has 0 aromatic carbocycles. The quantitative estimate of drug-likeness (QED) is 0.650. The predicted octanol–water partition coefficient (Wildman–Crippen LogP) is 1.08. The minimum Gasteiger partial charge on any atom is -0.479 e. The lowest BCUT2D eigenvalue weighted by Gasteiger charge is -2.08. The van der Waals surface area contributed by atoms with Crippen molar-refractivity contribution >= 4 is 23.4 Å². The molecule has 2 rings (SSSR count). The van der Waals surface area contributed by atoms with Gasteiger partial charge >= 0.3 is 11.8 Å². The van der Waals surface area contributed by atoms with E-state index >= 15 is 0 Å². The molecule has 9 heteroatoms. The minimum atomic E-state index is -0.998. The fourth-order valence-corrected chi connectivity index (χ4v) is 2.05. The summed E-state index contributed by atoms with van der Waals surface area (Å²) in [5.41, 5.74) is 0. The molecule has 1 aromatic heterocycles. The molecular formula is C9H10ClN3O5. The molecule has 98 valence electrons. The monoisotopic (exact) mass is 275 g/mol. The Morgan fingerprint density at radius 2 is 2.44 bits per heavy atom. The zero-order valence-corrected chi connectivity index (χ0v) is 9.91. The van der Waals surface area contributed by atoms with E-state index in [2.05, 4.69) is 5.10 Å². The maximum Gasteiger partial charge on any atom is 0.408 e. The van der Waals surface area contributed by atoms with Gasteiger partial charge in [0.2, 0.25) is 0 Å². The second-order valence-electron chi connectivity index (χ2n) is 3.94. The summed E-state index contributed by atoms with van der Waals surface area (Å²) in [5.74, 6) is -1.41. The Morgan fingerprint density at radius 1 is 1.72 bits per heavy atom. The van der Waals surface area contributed by atoms with Gasteiger partial charge in [-0.15, -0.1) is 0 Å². The fraction of sp³-hybridized carbons (Fsp3) is 0.556. The van der Waals surface area contributed by atoms with Crippen LogP contribution in [0.15, 0.2) is 6.20 Å². The molecule has 2 heterocycles. The van der Waals surface area contributed by atoms with E-state index in [1.54, 1.807) is 0 Å². The molecule has 0 aliphatic carbocycles. The lowest BCUT2D eigenvalue weighted by atomic mass is 10.2. The van der Waals surface area contributed by atoms with Crippen LogP contribution in [0.2, 0.25) is 5.02 Å². The number of nitro groups is 1. The highest BCUT2D eigenvalue weighted by Crippen LogP contribution is 2.24. The zero-order valence-electron chi connectivity index (χ0n) is 9.15. The van der Waals surface area contributed by atoms with E-state index in [1.807, 2.05) is 0 Å². The molecule has 1 aromatic rings. The molecule has 1 aliphatic heterocycles. The summed E-state index contributed by atoms with van der Waals surface area (Å²) in [6, 6.07) is 0. The van der Waals surface area contributed by atoms with E-state index in [4.69, 9.17) is 21.4 Å². The molecule has 1 fully saturated rings. The number of hydrogen-bond donors (Lipinski definition) is 1. The van der Waals surface area contributed by atoms with Crippen molar-refractivity contribution in [3.63, 3.8) is 0 Å². The molecule has 0 amide bonds. The fourth-order valence-electron chi connectivity index (χ4n) is 1.83. The molecule has 2 unspecified atom stereocenters. The van der Waals surface area contributed by atoms with Crippen LogP contribution in [0.3, 0.4) is 0 Å². The topological polar surface area (TPSA) is 107 Å². The van der Waals surface area contributed by atoms with Crippen molar-refractivity contribution in [1.29, 1.82) is 0 Å². The maximum absolute atomic E-state index is 10.7. The largest absolute Gasteiger partial charge is 0.479 e. The summed E-state index contributed by atoms with van der Waals surface area (Å²) in [4.78, 5) is 20.6. The summed E-state index contributed by atoms with van der Waals surface area (Å²) in [6.07, 6.45) is 1.20. The third-order valence-electron chi connectivity index (χ3n) is 2.65. The number of carboxylic acids is 1. The van der Waals surface area contributed by atoms with E-state index < -0.39 is 22.8 Å². The first-order valence-corrected chi connectivity index (χ1v) is 5.60. The number of nitrogens with zero attached hydrogens (tertiary/aromatic N) is 3.